The SMILES string of the molecule is CCCOc1cc(C)ccc1CNC1=NCC(C)N1. The van der Waals surface area contributed by atoms with Crippen LogP contribution in [-0.4, -0.2) is 25.2 Å². The predicted molar refractivity (Wildman–Crippen MR) is 78.7 cm³/mol. The van der Waals surface area contributed by atoms with E-state index in [0.717, 1.165) is 37.8 Å². The standard InChI is InChI=1S/C15H23N3O/c1-4-7-19-14-8-11(2)5-6-13(14)10-17-15-16-9-12(3)18-15/h5-6,8,12H,4,7,9-10H2,1-3H3,(H2,16,17,18). The molecule has 104 valence electrons. The number of ether oxygens (including phenoxy) is 1. The van der Waals surface area contributed by atoms with Crippen molar-refractivity contribution in [3.05, 3.63) is 29.3 Å². The first kappa shape index (κ1) is 13.7. The van der Waals surface area contributed by atoms with Gasteiger partial charge in [-0.1, -0.05) is 19.1 Å². The van der Waals surface area contributed by atoms with Crippen LogP contribution in [0.1, 0.15) is 31.4 Å². The lowest BCUT2D eigenvalue weighted by Gasteiger charge is -2.14. The Kier molecular flexibility index (Phi) is 4.66. The molecule has 0 saturated heterocycles. The summed E-state index contributed by atoms with van der Waals surface area (Å²) >= 11 is 0. The molecule has 0 aromatic heterocycles. The van der Waals surface area contributed by atoms with Crippen LogP contribution in [0.4, 0.5) is 0 Å². The molecule has 1 heterocycles. The van der Waals surface area contributed by atoms with Crippen molar-refractivity contribution < 1.29 is 4.74 Å². The molecule has 2 rings (SSSR count). The van der Waals surface area contributed by atoms with E-state index in [1.54, 1.807) is 0 Å². The summed E-state index contributed by atoms with van der Waals surface area (Å²) in [7, 11) is 0. The van der Waals surface area contributed by atoms with Crippen LogP contribution >= 0.6 is 0 Å². The third-order valence-corrected chi connectivity index (χ3v) is 3.04. The number of nitrogens with zero attached hydrogens (tertiary/aromatic N) is 1. The predicted octanol–water partition coefficient (Wildman–Crippen LogP) is 2.22. The fourth-order valence-corrected chi connectivity index (χ4v) is 1.99. The van der Waals surface area contributed by atoms with Gasteiger partial charge in [0.1, 0.15) is 5.75 Å². The molecule has 0 bridgehead atoms. The van der Waals surface area contributed by atoms with E-state index in [4.69, 9.17) is 4.74 Å². The van der Waals surface area contributed by atoms with Gasteiger partial charge in [0, 0.05) is 18.2 Å². The second-order valence-electron chi connectivity index (χ2n) is 5.05. The summed E-state index contributed by atoms with van der Waals surface area (Å²) in [6.45, 7) is 8.66. The smallest absolute Gasteiger partial charge is 0.191 e. The Bertz CT molecular complexity index is 457. The summed E-state index contributed by atoms with van der Waals surface area (Å²) in [4.78, 5) is 4.39. The molecule has 1 aromatic carbocycles. The molecule has 1 aliphatic rings. The van der Waals surface area contributed by atoms with Crippen LogP contribution in [0.15, 0.2) is 23.2 Å². The van der Waals surface area contributed by atoms with Gasteiger partial charge < -0.3 is 15.4 Å². The van der Waals surface area contributed by atoms with E-state index in [1.165, 1.54) is 11.1 Å². The highest BCUT2D eigenvalue weighted by Gasteiger charge is 2.12. The number of aliphatic imine (C=N–C) groups is 1. The van der Waals surface area contributed by atoms with Crippen LogP contribution < -0.4 is 15.4 Å². The molecule has 0 aliphatic carbocycles. The summed E-state index contributed by atoms with van der Waals surface area (Å²) in [5, 5.41) is 6.62. The largest absolute Gasteiger partial charge is 0.493 e. The third kappa shape index (κ3) is 3.88. The first-order valence-corrected chi connectivity index (χ1v) is 6.96. The maximum atomic E-state index is 5.80. The summed E-state index contributed by atoms with van der Waals surface area (Å²) in [5.74, 6) is 1.86. The van der Waals surface area contributed by atoms with Crippen LogP contribution in [-0.2, 0) is 6.54 Å². The van der Waals surface area contributed by atoms with Gasteiger partial charge in [0.15, 0.2) is 5.96 Å². The van der Waals surface area contributed by atoms with E-state index in [9.17, 15) is 0 Å². The molecule has 0 amide bonds. The van der Waals surface area contributed by atoms with Crippen molar-refractivity contribution in [2.24, 2.45) is 4.99 Å². The summed E-state index contributed by atoms with van der Waals surface area (Å²) in [6.07, 6.45) is 1.02. The van der Waals surface area contributed by atoms with E-state index in [-0.39, 0.29) is 0 Å². The van der Waals surface area contributed by atoms with Crippen molar-refractivity contribution in [1.29, 1.82) is 0 Å². The fourth-order valence-electron chi connectivity index (χ4n) is 1.99. The number of benzene rings is 1. The van der Waals surface area contributed by atoms with Crippen molar-refractivity contribution in [3.8, 4) is 5.75 Å². The van der Waals surface area contributed by atoms with Gasteiger partial charge in [0.25, 0.3) is 0 Å². The second-order valence-corrected chi connectivity index (χ2v) is 5.05. The molecule has 2 N–H and O–H groups in total. The summed E-state index contributed by atoms with van der Waals surface area (Å²) in [5.41, 5.74) is 2.39. The monoisotopic (exact) mass is 261 g/mol. The van der Waals surface area contributed by atoms with Crippen molar-refractivity contribution >= 4 is 5.96 Å². The maximum Gasteiger partial charge on any atom is 0.191 e. The van der Waals surface area contributed by atoms with Gasteiger partial charge in [-0.3, -0.25) is 4.99 Å². The van der Waals surface area contributed by atoms with Crippen LogP contribution in [0.5, 0.6) is 5.75 Å². The van der Waals surface area contributed by atoms with Crippen LogP contribution in [0, 0.1) is 6.92 Å². The van der Waals surface area contributed by atoms with Gasteiger partial charge in [0.05, 0.1) is 13.2 Å². The van der Waals surface area contributed by atoms with Crippen LogP contribution in [0.25, 0.3) is 0 Å². The van der Waals surface area contributed by atoms with Crippen LogP contribution in [0.2, 0.25) is 0 Å². The highest BCUT2D eigenvalue weighted by molar-refractivity contribution is 5.81. The molecule has 0 radical (unpaired) electrons. The van der Waals surface area contributed by atoms with E-state index in [1.807, 2.05) is 0 Å². The van der Waals surface area contributed by atoms with Crippen molar-refractivity contribution in [2.75, 3.05) is 13.2 Å². The topological polar surface area (TPSA) is 45.6 Å². The van der Waals surface area contributed by atoms with Gasteiger partial charge in [-0.25, -0.2) is 0 Å². The number of hydrogen-bond donors (Lipinski definition) is 2. The molecular formula is C15H23N3O. The molecular weight excluding hydrogens is 238 g/mol. The molecule has 19 heavy (non-hydrogen) atoms. The fraction of sp³-hybridized carbons (Fsp3) is 0.533. The Morgan fingerprint density at radius 1 is 1.47 bits per heavy atom. The summed E-state index contributed by atoms with van der Waals surface area (Å²) in [6, 6.07) is 6.75. The zero-order valence-corrected chi connectivity index (χ0v) is 12.0. The quantitative estimate of drug-likeness (QED) is 0.854. The second kappa shape index (κ2) is 6.45. The normalized spacial score (nSPS) is 17.8. The lowest BCUT2D eigenvalue weighted by atomic mass is 10.1. The lowest BCUT2D eigenvalue weighted by molar-refractivity contribution is 0.313. The van der Waals surface area contributed by atoms with Gasteiger partial charge in [0.2, 0.25) is 0 Å². The Balaban J connectivity index is 1.98. The first-order chi connectivity index (χ1) is 9.19. The van der Waals surface area contributed by atoms with Gasteiger partial charge >= 0.3 is 0 Å². The summed E-state index contributed by atoms with van der Waals surface area (Å²) < 4.78 is 5.80. The van der Waals surface area contributed by atoms with E-state index >= 15 is 0 Å². The maximum absolute atomic E-state index is 5.80. The molecule has 1 unspecified atom stereocenters. The minimum Gasteiger partial charge on any atom is -0.493 e. The van der Waals surface area contributed by atoms with Crippen LogP contribution in [0.3, 0.4) is 0 Å². The van der Waals surface area contributed by atoms with Gasteiger partial charge in [-0.2, -0.15) is 0 Å². The Morgan fingerprint density at radius 3 is 3.00 bits per heavy atom. The Morgan fingerprint density at radius 2 is 2.32 bits per heavy atom. The molecule has 0 fully saturated rings. The average Bonchev–Trinajstić information content (AvgIpc) is 2.81. The van der Waals surface area contributed by atoms with Crippen molar-refractivity contribution in [3.63, 3.8) is 0 Å². The highest BCUT2D eigenvalue weighted by Crippen LogP contribution is 2.20. The highest BCUT2D eigenvalue weighted by atomic mass is 16.5. The molecule has 4 nitrogen and oxygen atoms in total. The Labute approximate surface area is 115 Å². The molecule has 0 spiro atoms. The zero-order valence-electron chi connectivity index (χ0n) is 12.0. The number of aryl methyl sites for hydroxylation is 1. The minimum absolute atomic E-state index is 0.427. The van der Waals surface area contributed by atoms with E-state index in [2.05, 4.69) is 54.6 Å². The molecule has 0 saturated carbocycles. The van der Waals surface area contributed by atoms with E-state index in [0.29, 0.717) is 6.04 Å². The van der Waals surface area contributed by atoms with Gasteiger partial charge in [-0.05, 0) is 31.9 Å². The number of nitrogens with one attached hydrogen (secondary N) is 2. The van der Waals surface area contributed by atoms with Gasteiger partial charge in [-0.15, -0.1) is 0 Å². The average molecular weight is 261 g/mol. The first-order valence-electron chi connectivity index (χ1n) is 6.96. The minimum atomic E-state index is 0.427. The zero-order chi connectivity index (χ0) is 13.7. The molecule has 1 atom stereocenters. The van der Waals surface area contributed by atoms with E-state index < -0.39 is 0 Å². The van der Waals surface area contributed by atoms with Crippen molar-refractivity contribution in [1.82, 2.24) is 10.6 Å². The number of guanidine groups is 1. The third-order valence-electron chi connectivity index (χ3n) is 3.04. The molecule has 1 aromatic rings. The van der Waals surface area contributed by atoms with Crippen molar-refractivity contribution in [2.45, 2.75) is 39.8 Å². The lowest BCUT2D eigenvalue weighted by Crippen LogP contribution is -2.37. The number of hydrogen-bond acceptors (Lipinski definition) is 4. The number of rotatable bonds is 5. The Hall–Kier alpha value is -1.71. The molecule has 4 heteroatoms. The molecule has 1 aliphatic heterocycles.